The van der Waals surface area contributed by atoms with Crippen molar-refractivity contribution in [2.45, 2.75) is 56.9 Å². The van der Waals surface area contributed by atoms with Gasteiger partial charge in [-0.3, -0.25) is 14.1 Å². The lowest BCUT2D eigenvalue weighted by atomic mass is 9.95. The molecule has 4 unspecified atom stereocenters. The summed E-state index contributed by atoms with van der Waals surface area (Å²) in [5.41, 5.74) is 0. The lowest BCUT2D eigenvalue weighted by Gasteiger charge is -2.37. The first-order valence-corrected chi connectivity index (χ1v) is 11.2. The van der Waals surface area contributed by atoms with Gasteiger partial charge >= 0.3 is 0 Å². The van der Waals surface area contributed by atoms with Gasteiger partial charge in [-0.05, 0) is 33.2 Å². The van der Waals surface area contributed by atoms with Gasteiger partial charge in [-0.15, -0.1) is 0 Å². The van der Waals surface area contributed by atoms with Crippen molar-refractivity contribution in [1.29, 1.82) is 0 Å². The van der Waals surface area contributed by atoms with Crippen LogP contribution >= 0.6 is 0 Å². The van der Waals surface area contributed by atoms with Crippen LogP contribution in [-0.4, -0.2) is 89.9 Å². The Morgan fingerprint density at radius 3 is 2.64 bits per heavy atom. The fraction of sp³-hybridized carbons (Fsp3) is 0.944. The molecule has 1 heterocycles. The highest BCUT2D eigenvalue weighted by molar-refractivity contribution is 7.85. The lowest BCUT2D eigenvalue weighted by Crippen LogP contribution is -2.53. The van der Waals surface area contributed by atoms with Crippen molar-refractivity contribution >= 4 is 16.8 Å². The van der Waals surface area contributed by atoms with Gasteiger partial charge in [-0.25, -0.2) is 0 Å². The number of guanidine groups is 1. The van der Waals surface area contributed by atoms with Crippen molar-refractivity contribution in [3.8, 4) is 0 Å². The minimum absolute atomic E-state index is 0.346. The van der Waals surface area contributed by atoms with Crippen LogP contribution in [0.4, 0.5) is 0 Å². The Kier molecular flexibility index (Phi) is 8.66. The summed E-state index contributed by atoms with van der Waals surface area (Å²) in [5.74, 6) is 1.65. The highest BCUT2D eigenvalue weighted by Gasteiger charge is 2.26. The van der Waals surface area contributed by atoms with Gasteiger partial charge < -0.3 is 15.5 Å². The molecule has 1 saturated carbocycles. The molecule has 0 spiro atoms. The smallest absolute Gasteiger partial charge is 0.191 e. The van der Waals surface area contributed by atoms with Gasteiger partial charge in [0.25, 0.3) is 0 Å². The Labute approximate surface area is 156 Å². The standard InChI is InChI=1S/C18H37N5OS/c1-5-25(24)17-8-6-7-16(13-17)21-18(19-3)20-14-15(2)23-11-9-22(4)10-12-23/h15-17H,5-14H2,1-4H3,(H2,19,20,21). The molecule has 0 aromatic heterocycles. The molecule has 0 bridgehead atoms. The van der Waals surface area contributed by atoms with E-state index in [2.05, 4.69) is 39.4 Å². The van der Waals surface area contributed by atoms with Gasteiger partial charge in [-0.1, -0.05) is 13.3 Å². The first kappa shape index (κ1) is 20.6. The predicted molar refractivity (Wildman–Crippen MR) is 108 cm³/mol. The predicted octanol–water partition coefficient (Wildman–Crippen LogP) is 0.867. The summed E-state index contributed by atoms with van der Waals surface area (Å²) in [5, 5.41) is 7.39. The first-order valence-electron chi connectivity index (χ1n) is 9.80. The summed E-state index contributed by atoms with van der Waals surface area (Å²) < 4.78 is 12.1. The fourth-order valence-corrected chi connectivity index (χ4v) is 5.12. The van der Waals surface area contributed by atoms with Crippen molar-refractivity contribution in [3.63, 3.8) is 0 Å². The van der Waals surface area contributed by atoms with Crippen molar-refractivity contribution in [2.24, 2.45) is 4.99 Å². The molecule has 0 amide bonds. The van der Waals surface area contributed by atoms with Gasteiger partial charge in [0.2, 0.25) is 0 Å². The average Bonchev–Trinajstić information content (AvgIpc) is 2.64. The molecule has 4 atom stereocenters. The number of hydrogen-bond acceptors (Lipinski definition) is 4. The first-order chi connectivity index (χ1) is 12.0. The number of hydrogen-bond donors (Lipinski definition) is 2. The quantitative estimate of drug-likeness (QED) is 0.536. The Bertz CT molecular complexity index is 451. The molecule has 2 N–H and O–H groups in total. The SMILES string of the molecule is CCS(=O)C1CCCC(NC(=NC)NCC(C)N2CCN(C)CC2)C1. The summed E-state index contributed by atoms with van der Waals surface area (Å²) in [7, 11) is 3.34. The molecule has 2 fully saturated rings. The highest BCUT2D eigenvalue weighted by Crippen LogP contribution is 2.22. The van der Waals surface area contributed by atoms with Gasteiger partial charge in [0.15, 0.2) is 5.96 Å². The van der Waals surface area contributed by atoms with Crippen molar-refractivity contribution in [2.75, 3.05) is 52.6 Å². The van der Waals surface area contributed by atoms with E-state index >= 15 is 0 Å². The van der Waals surface area contributed by atoms with Crippen LogP contribution in [-0.2, 0) is 10.8 Å². The Morgan fingerprint density at radius 1 is 1.28 bits per heavy atom. The summed E-state index contributed by atoms with van der Waals surface area (Å²) in [6.07, 6.45) is 4.40. The van der Waals surface area contributed by atoms with Crippen molar-refractivity contribution < 1.29 is 4.21 Å². The minimum Gasteiger partial charge on any atom is -0.355 e. The van der Waals surface area contributed by atoms with Crippen LogP contribution in [0.2, 0.25) is 0 Å². The maximum absolute atomic E-state index is 12.1. The van der Waals surface area contributed by atoms with E-state index in [-0.39, 0.29) is 0 Å². The molecule has 2 rings (SSSR count). The minimum atomic E-state index is -0.679. The molecule has 7 heteroatoms. The van der Waals surface area contributed by atoms with Gasteiger partial charge in [-0.2, -0.15) is 0 Å². The molecule has 25 heavy (non-hydrogen) atoms. The highest BCUT2D eigenvalue weighted by atomic mass is 32.2. The summed E-state index contributed by atoms with van der Waals surface area (Å²) >= 11 is 0. The largest absolute Gasteiger partial charge is 0.355 e. The van der Waals surface area contributed by atoms with E-state index in [1.807, 2.05) is 14.0 Å². The Morgan fingerprint density at radius 2 is 2.00 bits per heavy atom. The molecule has 0 radical (unpaired) electrons. The van der Waals surface area contributed by atoms with E-state index < -0.39 is 10.8 Å². The Balaban J connectivity index is 1.75. The van der Waals surface area contributed by atoms with Gasteiger partial charge in [0.1, 0.15) is 0 Å². The Hall–Kier alpha value is -0.660. The number of nitrogens with one attached hydrogen (secondary N) is 2. The molecule has 0 aromatic rings. The summed E-state index contributed by atoms with van der Waals surface area (Å²) in [6.45, 7) is 9.78. The maximum Gasteiger partial charge on any atom is 0.191 e. The molecule has 1 saturated heterocycles. The topological polar surface area (TPSA) is 60.0 Å². The third-order valence-electron chi connectivity index (χ3n) is 5.57. The molecule has 2 aliphatic rings. The van der Waals surface area contributed by atoms with Crippen LogP contribution in [0, 0.1) is 0 Å². The molecular weight excluding hydrogens is 334 g/mol. The van der Waals surface area contributed by atoms with Gasteiger partial charge in [0.05, 0.1) is 0 Å². The lowest BCUT2D eigenvalue weighted by molar-refractivity contribution is 0.120. The zero-order valence-corrected chi connectivity index (χ0v) is 17.3. The van der Waals surface area contributed by atoms with Crippen LogP contribution in [0.25, 0.3) is 0 Å². The number of rotatable bonds is 6. The van der Waals surface area contributed by atoms with Crippen molar-refractivity contribution in [3.05, 3.63) is 0 Å². The molecule has 0 aromatic carbocycles. The van der Waals surface area contributed by atoms with Crippen LogP contribution in [0.1, 0.15) is 39.5 Å². The summed E-state index contributed by atoms with van der Waals surface area (Å²) in [4.78, 5) is 9.32. The maximum atomic E-state index is 12.1. The monoisotopic (exact) mass is 371 g/mol. The van der Waals surface area contributed by atoms with Crippen LogP contribution in [0.3, 0.4) is 0 Å². The third kappa shape index (κ3) is 6.53. The van der Waals surface area contributed by atoms with Crippen LogP contribution in [0.5, 0.6) is 0 Å². The second-order valence-electron chi connectivity index (χ2n) is 7.44. The second kappa shape index (κ2) is 10.5. The van der Waals surface area contributed by atoms with E-state index in [9.17, 15) is 4.21 Å². The number of aliphatic imine (C=N–C) groups is 1. The molecular formula is C18H37N5OS. The second-order valence-corrected chi connectivity index (χ2v) is 9.45. The van der Waals surface area contributed by atoms with Crippen molar-refractivity contribution in [1.82, 2.24) is 20.4 Å². The summed E-state index contributed by atoms with van der Waals surface area (Å²) in [6, 6.07) is 0.887. The van der Waals surface area contributed by atoms with Gasteiger partial charge in [0, 0.05) is 73.7 Å². The normalized spacial score (nSPS) is 29.2. The third-order valence-corrected chi connectivity index (χ3v) is 7.31. The average molecular weight is 372 g/mol. The zero-order valence-electron chi connectivity index (χ0n) is 16.5. The van der Waals surface area contributed by atoms with E-state index in [4.69, 9.17) is 0 Å². The molecule has 1 aliphatic carbocycles. The molecule has 146 valence electrons. The number of likely N-dealkylation sites (N-methyl/N-ethyl adjacent to an activating group) is 1. The number of nitrogens with zero attached hydrogens (tertiary/aromatic N) is 3. The van der Waals surface area contributed by atoms with E-state index in [0.29, 0.717) is 17.3 Å². The molecule has 1 aliphatic heterocycles. The number of piperazine rings is 1. The fourth-order valence-electron chi connectivity index (χ4n) is 3.77. The van der Waals surface area contributed by atoms with E-state index in [0.717, 1.165) is 70.1 Å². The zero-order chi connectivity index (χ0) is 18.2. The van der Waals surface area contributed by atoms with Crippen LogP contribution in [0.15, 0.2) is 4.99 Å². The van der Waals surface area contributed by atoms with Crippen LogP contribution < -0.4 is 10.6 Å². The van der Waals surface area contributed by atoms with E-state index in [1.165, 1.54) is 0 Å². The van der Waals surface area contributed by atoms with E-state index in [1.54, 1.807) is 0 Å². The molecule has 6 nitrogen and oxygen atoms in total.